The van der Waals surface area contributed by atoms with E-state index < -0.39 is 0 Å². The van der Waals surface area contributed by atoms with E-state index in [0.29, 0.717) is 22.2 Å². The van der Waals surface area contributed by atoms with Gasteiger partial charge in [-0.3, -0.25) is 4.79 Å². The third-order valence-electron chi connectivity index (χ3n) is 4.26. The number of hydrazone groups is 1. The third kappa shape index (κ3) is 4.94. The van der Waals surface area contributed by atoms with E-state index in [2.05, 4.69) is 20.9 Å². The summed E-state index contributed by atoms with van der Waals surface area (Å²) in [5.41, 5.74) is 6.57. The van der Waals surface area contributed by atoms with Gasteiger partial charge in [0.2, 0.25) is 0 Å². The Morgan fingerprint density at radius 3 is 2.66 bits per heavy atom. The summed E-state index contributed by atoms with van der Waals surface area (Å²) >= 11 is 6.46. The fraction of sp³-hybridized carbons (Fsp3) is 0.190. The zero-order valence-corrected chi connectivity index (χ0v) is 17.2. The summed E-state index contributed by atoms with van der Waals surface area (Å²) in [7, 11) is 1.58. The Bertz CT molecular complexity index is 1030. The number of hydrogen-bond acceptors (Lipinski definition) is 5. The fourth-order valence-corrected chi connectivity index (χ4v) is 3.01. The normalized spacial score (nSPS) is 10.9. The van der Waals surface area contributed by atoms with E-state index >= 15 is 0 Å². The molecule has 3 aromatic rings. The van der Waals surface area contributed by atoms with Crippen molar-refractivity contribution >= 4 is 29.4 Å². The lowest BCUT2D eigenvalue weighted by Crippen LogP contribution is -2.26. The second-order valence-electron chi connectivity index (χ2n) is 6.38. The van der Waals surface area contributed by atoms with E-state index in [-0.39, 0.29) is 12.5 Å². The highest BCUT2D eigenvalue weighted by atomic mass is 35.5. The number of ether oxygens (including phenoxy) is 1. The molecule has 0 spiro atoms. The number of aryl methyl sites for hydroxylation is 2. The van der Waals surface area contributed by atoms with Crippen molar-refractivity contribution in [2.24, 2.45) is 5.10 Å². The largest absolute Gasteiger partial charge is 0.495 e. The molecular weight excluding hydrogens is 390 g/mol. The number of carbonyl (C=O) groups is 1. The summed E-state index contributed by atoms with van der Waals surface area (Å²) in [6, 6.07) is 15.2. The van der Waals surface area contributed by atoms with Crippen molar-refractivity contribution in [3.8, 4) is 11.4 Å². The molecule has 150 valence electrons. The minimum absolute atomic E-state index is 0.0487. The van der Waals surface area contributed by atoms with Crippen molar-refractivity contribution in [3.05, 3.63) is 70.5 Å². The van der Waals surface area contributed by atoms with Crippen LogP contribution in [0.3, 0.4) is 0 Å². The van der Waals surface area contributed by atoms with Crippen molar-refractivity contribution < 1.29 is 9.53 Å². The first-order valence-corrected chi connectivity index (χ1v) is 9.38. The van der Waals surface area contributed by atoms with Crippen LogP contribution >= 0.6 is 11.6 Å². The zero-order valence-electron chi connectivity index (χ0n) is 16.4. The Kier molecular flexibility index (Phi) is 6.51. The molecule has 1 aromatic heterocycles. The smallest absolute Gasteiger partial charge is 0.259 e. The van der Waals surface area contributed by atoms with E-state index in [0.717, 1.165) is 16.9 Å². The number of anilines is 1. The Morgan fingerprint density at radius 2 is 1.93 bits per heavy atom. The summed E-state index contributed by atoms with van der Waals surface area (Å²) in [6.07, 6.45) is 1.50. The van der Waals surface area contributed by atoms with Gasteiger partial charge in [-0.25, -0.2) is 10.1 Å². The van der Waals surface area contributed by atoms with Crippen LogP contribution in [0, 0.1) is 13.8 Å². The predicted octanol–water partition coefficient (Wildman–Crippen LogP) is 3.71. The molecule has 0 aliphatic carbocycles. The summed E-state index contributed by atoms with van der Waals surface area (Å²) in [6.45, 7) is 3.90. The van der Waals surface area contributed by atoms with Gasteiger partial charge in [-0.05, 0) is 38.1 Å². The standard InChI is InChI=1S/C21H22ClN5O2/c1-14-8-10-16(11-9-14)27-21(22)17(15(2)26-27)12-24-25-20(28)13-23-18-6-4-5-7-19(18)29-3/h4-12,23H,13H2,1-3H3,(H,25,28)/b24-12-. The number of nitrogens with zero attached hydrogens (tertiary/aromatic N) is 3. The maximum Gasteiger partial charge on any atom is 0.259 e. The van der Waals surface area contributed by atoms with Crippen LogP contribution in [0.1, 0.15) is 16.8 Å². The number of rotatable bonds is 7. The van der Waals surface area contributed by atoms with Crippen LogP contribution in [0.15, 0.2) is 53.6 Å². The number of nitrogens with one attached hydrogen (secondary N) is 2. The number of hydrogen-bond donors (Lipinski definition) is 2. The predicted molar refractivity (Wildman–Crippen MR) is 115 cm³/mol. The maximum atomic E-state index is 12.1. The van der Waals surface area contributed by atoms with Crippen LogP contribution in [0.5, 0.6) is 5.75 Å². The fourth-order valence-electron chi connectivity index (χ4n) is 2.69. The molecule has 0 fully saturated rings. The SMILES string of the molecule is COc1ccccc1NCC(=O)N/N=C\c1c(C)nn(-c2ccc(C)cc2)c1Cl. The molecule has 0 saturated heterocycles. The van der Waals surface area contributed by atoms with E-state index in [1.54, 1.807) is 11.8 Å². The van der Waals surface area contributed by atoms with Gasteiger partial charge < -0.3 is 10.1 Å². The molecule has 0 bridgehead atoms. The minimum Gasteiger partial charge on any atom is -0.495 e. The zero-order chi connectivity index (χ0) is 20.8. The number of carbonyl (C=O) groups excluding carboxylic acids is 1. The summed E-state index contributed by atoms with van der Waals surface area (Å²) in [5.74, 6) is 0.363. The van der Waals surface area contributed by atoms with Gasteiger partial charge in [-0.2, -0.15) is 10.2 Å². The van der Waals surface area contributed by atoms with Crippen molar-refractivity contribution in [1.82, 2.24) is 15.2 Å². The lowest BCUT2D eigenvalue weighted by molar-refractivity contribution is -0.119. The van der Waals surface area contributed by atoms with Crippen LogP contribution in [-0.2, 0) is 4.79 Å². The number of benzene rings is 2. The molecule has 0 aliphatic heterocycles. The van der Waals surface area contributed by atoms with Gasteiger partial charge in [-0.1, -0.05) is 41.4 Å². The number of aromatic nitrogens is 2. The molecule has 2 N–H and O–H groups in total. The Balaban J connectivity index is 1.63. The van der Waals surface area contributed by atoms with Crippen molar-refractivity contribution in [3.63, 3.8) is 0 Å². The van der Waals surface area contributed by atoms with Crippen LogP contribution in [0.4, 0.5) is 5.69 Å². The molecule has 0 unspecified atom stereocenters. The monoisotopic (exact) mass is 411 g/mol. The first kappa shape index (κ1) is 20.4. The molecule has 0 saturated carbocycles. The molecule has 8 heteroatoms. The second kappa shape index (κ2) is 9.25. The molecule has 0 aliphatic rings. The van der Waals surface area contributed by atoms with Gasteiger partial charge in [0.1, 0.15) is 10.9 Å². The number of methoxy groups -OCH3 is 1. The van der Waals surface area contributed by atoms with Crippen LogP contribution < -0.4 is 15.5 Å². The van der Waals surface area contributed by atoms with E-state index in [1.807, 2.05) is 62.4 Å². The van der Waals surface area contributed by atoms with Crippen LogP contribution in [0.25, 0.3) is 5.69 Å². The third-order valence-corrected chi connectivity index (χ3v) is 4.62. The topological polar surface area (TPSA) is 80.5 Å². The lowest BCUT2D eigenvalue weighted by atomic mass is 10.2. The first-order valence-electron chi connectivity index (χ1n) is 9.00. The summed E-state index contributed by atoms with van der Waals surface area (Å²) in [4.78, 5) is 12.1. The van der Waals surface area contributed by atoms with Gasteiger partial charge in [0.25, 0.3) is 5.91 Å². The highest BCUT2D eigenvalue weighted by molar-refractivity contribution is 6.32. The Hall–Kier alpha value is -3.32. The molecule has 1 amide bonds. The average Bonchev–Trinajstić information content (AvgIpc) is 3.01. The molecule has 3 rings (SSSR count). The van der Waals surface area contributed by atoms with Crippen molar-refractivity contribution in [1.29, 1.82) is 0 Å². The summed E-state index contributed by atoms with van der Waals surface area (Å²) < 4.78 is 6.88. The van der Waals surface area contributed by atoms with Gasteiger partial charge in [0, 0.05) is 0 Å². The van der Waals surface area contributed by atoms with E-state index in [1.165, 1.54) is 6.21 Å². The Morgan fingerprint density at radius 1 is 1.21 bits per heavy atom. The first-order chi connectivity index (χ1) is 14.0. The molecule has 29 heavy (non-hydrogen) atoms. The average molecular weight is 412 g/mol. The van der Waals surface area contributed by atoms with Crippen LogP contribution in [0.2, 0.25) is 5.15 Å². The highest BCUT2D eigenvalue weighted by Crippen LogP contribution is 2.23. The molecule has 0 atom stereocenters. The molecule has 7 nitrogen and oxygen atoms in total. The van der Waals surface area contributed by atoms with Gasteiger partial charge in [0.05, 0.1) is 42.5 Å². The highest BCUT2D eigenvalue weighted by Gasteiger charge is 2.13. The van der Waals surface area contributed by atoms with E-state index in [4.69, 9.17) is 16.3 Å². The molecule has 1 heterocycles. The van der Waals surface area contributed by atoms with Gasteiger partial charge >= 0.3 is 0 Å². The Labute approximate surface area is 174 Å². The van der Waals surface area contributed by atoms with Gasteiger partial charge in [-0.15, -0.1) is 0 Å². The maximum absolute atomic E-state index is 12.1. The number of amides is 1. The number of para-hydroxylation sites is 2. The second-order valence-corrected chi connectivity index (χ2v) is 6.74. The summed E-state index contributed by atoms with van der Waals surface area (Å²) in [5, 5.41) is 11.9. The van der Waals surface area contributed by atoms with Crippen LogP contribution in [-0.4, -0.2) is 35.6 Å². The minimum atomic E-state index is -0.299. The van der Waals surface area contributed by atoms with Crippen molar-refractivity contribution in [2.45, 2.75) is 13.8 Å². The molecular formula is C21H22ClN5O2. The molecule has 0 radical (unpaired) electrons. The van der Waals surface area contributed by atoms with Crippen molar-refractivity contribution in [2.75, 3.05) is 19.0 Å². The number of halogens is 1. The lowest BCUT2D eigenvalue weighted by Gasteiger charge is -2.09. The molecule has 2 aromatic carbocycles. The van der Waals surface area contributed by atoms with Gasteiger partial charge in [0.15, 0.2) is 0 Å². The quantitative estimate of drug-likeness (QED) is 0.458. The van der Waals surface area contributed by atoms with E-state index in [9.17, 15) is 4.79 Å².